The van der Waals surface area contributed by atoms with E-state index >= 15 is 0 Å². The number of nitrogens with one attached hydrogen (secondary N) is 1. The Morgan fingerprint density at radius 2 is 1.37 bits per heavy atom. The van der Waals surface area contributed by atoms with Crippen LogP contribution in [0.4, 0.5) is 5.69 Å². The van der Waals surface area contributed by atoms with Crippen molar-refractivity contribution in [3.05, 3.63) is 130 Å². The van der Waals surface area contributed by atoms with E-state index in [9.17, 15) is 18.0 Å². The fourth-order valence-corrected chi connectivity index (χ4v) is 6.90. The molecule has 1 N–H and O–H groups in total. The highest BCUT2D eigenvalue weighted by Crippen LogP contribution is 2.29. The van der Waals surface area contributed by atoms with Crippen molar-refractivity contribution in [1.29, 1.82) is 0 Å². The predicted molar refractivity (Wildman–Crippen MR) is 185 cm³/mol. The molecule has 4 aromatic rings. The van der Waals surface area contributed by atoms with E-state index in [2.05, 4.69) is 5.32 Å². The van der Waals surface area contributed by atoms with Crippen molar-refractivity contribution in [2.24, 2.45) is 5.92 Å². The molecule has 0 aromatic heterocycles. The summed E-state index contributed by atoms with van der Waals surface area (Å²) in [4.78, 5) is 30.2. The molecule has 2 amide bonds. The van der Waals surface area contributed by atoms with Gasteiger partial charge in [0.25, 0.3) is 10.0 Å². The molecule has 0 bridgehead atoms. The maximum Gasteiger partial charge on any atom is 0.264 e. The summed E-state index contributed by atoms with van der Waals surface area (Å²) in [5.41, 5.74) is 5.81. The molecule has 0 aliphatic rings. The molecule has 7 nitrogen and oxygen atoms in total. The standard InChI is InChI=1S/C38H45N3O4S/c1-27(2)24-39-38(43)36(23-32-12-8-7-9-13-32)40(25-33-14-10-11-29(4)22-33)37(42)26-41(35-20-17-30(5)21-31(35)6)46(44,45)34-18-15-28(3)16-19-34/h7-22,27,36H,23-26H2,1-6H3,(H,39,43)/t36-/m1/s1. The van der Waals surface area contributed by atoms with Crippen LogP contribution >= 0.6 is 0 Å². The number of anilines is 1. The molecule has 0 saturated heterocycles. The number of rotatable bonds is 13. The zero-order chi connectivity index (χ0) is 33.4. The Hall–Kier alpha value is -4.43. The Morgan fingerprint density at radius 1 is 0.739 bits per heavy atom. The van der Waals surface area contributed by atoms with Crippen LogP contribution in [0.25, 0.3) is 0 Å². The van der Waals surface area contributed by atoms with Crippen LogP contribution in [0.15, 0.2) is 102 Å². The minimum Gasteiger partial charge on any atom is -0.354 e. The van der Waals surface area contributed by atoms with Crippen LogP contribution in [0.1, 0.15) is 47.2 Å². The molecule has 0 heterocycles. The Balaban J connectivity index is 1.82. The van der Waals surface area contributed by atoms with Crippen LogP contribution < -0.4 is 9.62 Å². The molecule has 4 aromatic carbocycles. The minimum atomic E-state index is -4.16. The van der Waals surface area contributed by atoms with Crippen molar-refractivity contribution in [2.75, 3.05) is 17.4 Å². The van der Waals surface area contributed by atoms with Gasteiger partial charge in [-0.2, -0.15) is 0 Å². The highest BCUT2D eigenvalue weighted by atomic mass is 32.2. The van der Waals surface area contributed by atoms with Gasteiger partial charge in [0.2, 0.25) is 11.8 Å². The van der Waals surface area contributed by atoms with Gasteiger partial charge >= 0.3 is 0 Å². The topological polar surface area (TPSA) is 86.8 Å². The van der Waals surface area contributed by atoms with E-state index in [0.29, 0.717) is 12.2 Å². The molecule has 0 spiro atoms. The Labute approximate surface area is 274 Å². The maximum absolute atomic E-state index is 14.6. The molecular formula is C38H45N3O4S. The van der Waals surface area contributed by atoms with E-state index in [1.165, 1.54) is 4.31 Å². The lowest BCUT2D eigenvalue weighted by molar-refractivity contribution is -0.140. The second-order valence-electron chi connectivity index (χ2n) is 12.5. The molecule has 0 saturated carbocycles. The summed E-state index contributed by atoms with van der Waals surface area (Å²) < 4.78 is 29.8. The third kappa shape index (κ3) is 8.85. The van der Waals surface area contributed by atoms with Crippen molar-refractivity contribution in [2.45, 2.75) is 65.4 Å². The van der Waals surface area contributed by atoms with E-state index in [-0.39, 0.29) is 29.7 Å². The Morgan fingerprint density at radius 3 is 2.00 bits per heavy atom. The molecule has 0 aliphatic heterocycles. The summed E-state index contributed by atoms with van der Waals surface area (Å²) in [7, 11) is -4.16. The number of nitrogens with zero attached hydrogens (tertiary/aromatic N) is 2. The van der Waals surface area contributed by atoms with Gasteiger partial charge in [-0.25, -0.2) is 8.42 Å². The van der Waals surface area contributed by atoms with Crippen molar-refractivity contribution in [3.63, 3.8) is 0 Å². The SMILES string of the molecule is Cc1ccc(S(=O)(=O)N(CC(=O)N(Cc2cccc(C)c2)[C@H](Cc2ccccc2)C(=O)NCC(C)C)c2ccc(C)cc2C)cc1. The molecule has 0 radical (unpaired) electrons. The van der Waals surface area contributed by atoms with Crippen LogP contribution in [-0.2, 0) is 32.6 Å². The van der Waals surface area contributed by atoms with Crippen molar-refractivity contribution >= 4 is 27.5 Å². The lowest BCUT2D eigenvalue weighted by atomic mass is 10.0. The third-order valence-electron chi connectivity index (χ3n) is 7.90. The highest BCUT2D eigenvalue weighted by Gasteiger charge is 2.35. The van der Waals surface area contributed by atoms with E-state index in [1.807, 2.05) is 108 Å². The van der Waals surface area contributed by atoms with Gasteiger partial charge in [0.05, 0.1) is 10.6 Å². The first kappa shape index (κ1) is 34.4. The van der Waals surface area contributed by atoms with Crippen LogP contribution in [0.3, 0.4) is 0 Å². The largest absolute Gasteiger partial charge is 0.354 e. The number of hydrogen-bond donors (Lipinski definition) is 1. The summed E-state index contributed by atoms with van der Waals surface area (Å²) in [5.74, 6) is -0.544. The molecule has 242 valence electrons. The summed E-state index contributed by atoms with van der Waals surface area (Å²) in [6.07, 6.45) is 0.274. The van der Waals surface area contributed by atoms with E-state index < -0.39 is 28.5 Å². The van der Waals surface area contributed by atoms with Crippen molar-refractivity contribution < 1.29 is 18.0 Å². The van der Waals surface area contributed by atoms with Gasteiger partial charge in [-0.15, -0.1) is 0 Å². The molecular weight excluding hydrogens is 595 g/mol. The Kier molecular flexibility index (Phi) is 11.4. The second-order valence-corrected chi connectivity index (χ2v) is 14.3. The molecule has 1 atom stereocenters. The molecule has 0 aliphatic carbocycles. The van der Waals surface area contributed by atoms with Crippen LogP contribution in [0.5, 0.6) is 0 Å². The predicted octanol–water partition coefficient (Wildman–Crippen LogP) is 6.53. The second kappa shape index (κ2) is 15.2. The summed E-state index contributed by atoms with van der Waals surface area (Å²) in [6.45, 7) is 11.8. The van der Waals surface area contributed by atoms with Crippen molar-refractivity contribution in [1.82, 2.24) is 10.2 Å². The van der Waals surface area contributed by atoms with Crippen molar-refractivity contribution in [3.8, 4) is 0 Å². The van der Waals surface area contributed by atoms with Gasteiger partial charge in [0, 0.05) is 19.5 Å². The normalized spacial score (nSPS) is 12.1. The quantitative estimate of drug-likeness (QED) is 0.180. The lowest BCUT2D eigenvalue weighted by Crippen LogP contribution is -2.53. The lowest BCUT2D eigenvalue weighted by Gasteiger charge is -2.34. The van der Waals surface area contributed by atoms with Gasteiger partial charge in [-0.05, 0) is 68.5 Å². The van der Waals surface area contributed by atoms with E-state index in [0.717, 1.165) is 33.4 Å². The first-order chi connectivity index (χ1) is 21.8. The smallest absolute Gasteiger partial charge is 0.264 e. The molecule has 4 rings (SSSR count). The minimum absolute atomic E-state index is 0.0895. The monoisotopic (exact) mass is 639 g/mol. The first-order valence-corrected chi connectivity index (χ1v) is 17.1. The number of amides is 2. The molecule has 8 heteroatoms. The molecule has 46 heavy (non-hydrogen) atoms. The van der Waals surface area contributed by atoms with E-state index in [1.54, 1.807) is 35.2 Å². The van der Waals surface area contributed by atoms with Gasteiger partial charge in [-0.3, -0.25) is 13.9 Å². The van der Waals surface area contributed by atoms with Crippen LogP contribution in [-0.4, -0.2) is 44.3 Å². The number of aryl methyl sites for hydroxylation is 4. The average Bonchev–Trinajstić information content (AvgIpc) is 3.01. The van der Waals surface area contributed by atoms with E-state index in [4.69, 9.17) is 0 Å². The van der Waals surface area contributed by atoms with Crippen LogP contribution in [0.2, 0.25) is 0 Å². The molecule has 0 fully saturated rings. The summed E-state index contributed by atoms with van der Waals surface area (Å²) in [5, 5.41) is 3.03. The fourth-order valence-electron chi connectivity index (χ4n) is 5.42. The number of benzene rings is 4. The zero-order valence-corrected chi connectivity index (χ0v) is 28.5. The summed E-state index contributed by atoms with van der Waals surface area (Å²) >= 11 is 0. The Bertz CT molecular complexity index is 1750. The first-order valence-electron chi connectivity index (χ1n) is 15.7. The van der Waals surface area contributed by atoms with Gasteiger partial charge < -0.3 is 10.2 Å². The number of hydrogen-bond acceptors (Lipinski definition) is 4. The highest BCUT2D eigenvalue weighted by molar-refractivity contribution is 7.92. The van der Waals surface area contributed by atoms with Crippen LogP contribution in [0, 0.1) is 33.6 Å². The fraction of sp³-hybridized carbons (Fsp3) is 0.316. The average molecular weight is 640 g/mol. The van der Waals surface area contributed by atoms with Gasteiger partial charge in [0.1, 0.15) is 12.6 Å². The number of sulfonamides is 1. The van der Waals surface area contributed by atoms with Gasteiger partial charge in [-0.1, -0.05) is 109 Å². The number of carbonyl (C=O) groups excluding carboxylic acids is 2. The molecule has 0 unspecified atom stereocenters. The third-order valence-corrected chi connectivity index (χ3v) is 9.67. The maximum atomic E-state index is 14.6. The van der Waals surface area contributed by atoms with Gasteiger partial charge in [0.15, 0.2) is 0 Å². The summed E-state index contributed by atoms with van der Waals surface area (Å²) in [6, 6.07) is 28.6. The zero-order valence-electron chi connectivity index (χ0n) is 27.7. The number of carbonyl (C=O) groups is 2.